The van der Waals surface area contributed by atoms with Crippen molar-refractivity contribution in [2.24, 2.45) is 0 Å². The molecule has 0 amide bonds. The quantitative estimate of drug-likeness (QED) is 0.720. The van der Waals surface area contributed by atoms with Gasteiger partial charge in [0.25, 0.3) is 0 Å². The molecular formula is C18H16ClNO. The van der Waals surface area contributed by atoms with Crippen LogP contribution in [0.5, 0.6) is 0 Å². The van der Waals surface area contributed by atoms with Gasteiger partial charge in [0.05, 0.1) is 0 Å². The Labute approximate surface area is 129 Å². The minimum absolute atomic E-state index is 0.666. The summed E-state index contributed by atoms with van der Waals surface area (Å²) in [5, 5.41) is 11.3. The lowest BCUT2D eigenvalue weighted by molar-refractivity contribution is 0.221. The number of nitrogens with one attached hydrogen (secondary N) is 1. The van der Waals surface area contributed by atoms with E-state index in [-0.39, 0.29) is 0 Å². The zero-order chi connectivity index (χ0) is 14.8. The SMILES string of the molecule is Cc1ccc(-c2c[nH]cc2[C@@H](O)c2ccc(Cl)cc2)cc1. The van der Waals surface area contributed by atoms with Crippen molar-refractivity contribution in [1.29, 1.82) is 0 Å². The fourth-order valence-corrected chi connectivity index (χ4v) is 2.54. The van der Waals surface area contributed by atoms with Gasteiger partial charge in [-0.2, -0.15) is 0 Å². The van der Waals surface area contributed by atoms with E-state index in [4.69, 9.17) is 11.6 Å². The van der Waals surface area contributed by atoms with Crippen molar-refractivity contribution in [2.45, 2.75) is 13.0 Å². The standard InChI is InChI=1S/C18H16ClNO/c1-12-2-4-13(5-3-12)16-10-20-11-17(16)18(21)14-6-8-15(19)9-7-14/h2-11,18,20-21H,1H3/t18-/m0/s1. The van der Waals surface area contributed by atoms with Crippen molar-refractivity contribution >= 4 is 11.6 Å². The number of H-pyrrole nitrogens is 1. The molecule has 0 unspecified atom stereocenters. The normalized spacial score (nSPS) is 12.3. The lowest BCUT2D eigenvalue weighted by atomic mass is 9.96. The number of aryl methyl sites for hydroxylation is 1. The summed E-state index contributed by atoms with van der Waals surface area (Å²) in [5.74, 6) is 0. The fraction of sp³-hybridized carbons (Fsp3) is 0.111. The Morgan fingerprint density at radius 1 is 0.952 bits per heavy atom. The lowest BCUT2D eigenvalue weighted by Gasteiger charge is -2.12. The van der Waals surface area contributed by atoms with Crippen LogP contribution in [0.15, 0.2) is 60.9 Å². The van der Waals surface area contributed by atoms with E-state index in [1.165, 1.54) is 5.56 Å². The summed E-state index contributed by atoms with van der Waals surface area (Å²) in [4.78, 5) is 3.09. The third-order valence-electron chi connectivity index (χ3n) is 3.62. The van der Waals surface area contributed by atoms with Gasteiger partial charge in [0, 0.05) is 28.5 Å². The number of rotatable bonds is 3. The molecule has 0 saturated carbocycles. The molecular weight excluding hydrogens is 282 g/mol. The van der Waals surface area contributed by atoms with Gasteiger partial charge in [0.1, 0.15) is 6.10 Å². The largest absolute Gasteiger partial charge is 0.384 e. The van der Waals surface area contributed by atoms with E-state index in [0.29, 0.717) is 5.02 Å². The molecule has 0 aliphatic heterocycles. The molecule has 1 atom stereocenters. The molecule has 2 N–H and O–H groups in total. The molecule has 0 fully saturated rings. The first kappa shape index (κ1) is 13.9. The van der Waals surface area contributed by atoms with E-state index in [2.05, 4.69) is 36.2 Å². The van der Waals surface area contributed by atoms with E-state index >= 15 is 0 Å². The van der Waals surface area contributed by atoms with E-state index in [0.717, 1.165) is 22.3 Å². The Morgan fingerprint density at radius 2 is 1.62 bits per heavy atom. The highest BCUT2D eigenvalue weighted by Gasteiger charge is 2.16. The van der Waals surface area contributed by atoms with Crippen LogP contribution in [-0.4, -0.2) is 10.1 Å². The van der Waals surface area contributed by atoms with E-state index in [1.807, 2.05) is 24.5 Å². The third-order valence-corrected chi connectivity index (χ3v) is 3.87. The molecule has 3 aromatic rings. The minimum atomic E-state index is -0.676. The lowest BCUT2D eigenvalue weighted by Crippen LogP contribution is -1.99. The van der Waals surface area contributed by atoms with Crippen LogP contribution in [0.25, 0.3) is 11.1 Å². The summed E-state index contributed by atoms with van der Waals surface area (Å²) in [7, 11) is 0. The summed E-state index contributed by atoms with van der Waals surface area (Å²) in [6.07, 6.45) is 3.08. The number of aliphatic hydroxyl groups excluding tert-OH is 1. The molecule has 106 valence electrons. The Bertz CT molecular complexity index is 729. The number of aromatic amines is 1. The summed E-state index contributed by atoms with van der Waals surface area (Å²) < 4.78 is 0. The van der Waals surface area contributed by atoms with Crippen molar-refractivity contribution in [3.8, 4) is 11.1 Å². The molecule has 1 heterocycles. The first-order valence-electron chi connectivity index (χ1n) is 6.82. The number of hydrogen-bond donors (Lipinski definition) is 2. The second-order valence-corrected chi connectivity index (χ2v) is 5.58. The number of halogens is 1. The molecule has 1 aromatic heterocycles. The van der Waals surface area contributed by atoms with Crippen LogP contribution < -0.4 is 0 Å². The van der Waals surface area contributed by atoms with Crippen LogP contribution in [0.3, 0.4) is 0 Å². The average molecular weight is 298 g/mol. The van der Waals surface area contributed by atoms with Gasteiger partial charge in [0.2, 0.25) is 0 Å². The molecule has 0 aliphatic carbocycles. The van der Waals surface area contributed by atoms with Crippen molar-refractivity contribution < 1.29 is 5.11 Å². The van der Waals surface area contributed by atoms with Crippen molar-refractivity contribution in [3.05, 3.63) is 82.6 Å². The Kier molecular flexibility index (Phi) is 3.82. The molecule has 2 nitrogen and oxygen atoms in total. The van der Waals surface area contributed by atoms with Crippen molar-refractivity contribution in [1.82, 2.24) is 4.98 Å². The predicted octanol–water partition coefficient (Wildman–Crippen LogP) is 4.73. The number of hydrogen-bond acceptors (Lipinski definition) is 1. The molecule has 0 saturated heterocycles. The molecule has 3 rings (SSSR count). The van der Waals surface area contributed by atoms with E-state index in [1.54, 1.807) is 12.1 Å². The van der Waals surface area contributed by atoms with Gasteiger partial charge in [-0.1, -0.05) is 53.6 Å². The van der Waals surface area contributed by atoms with Gasteiger partial charge in [-0.15, -0.1) is 0 Å². The van der Waals surface area contributed by atoms with Gasteiger partial charge in [-0.05, 0) is 30.2 Å². The zero-order valence-electron chi connectivity index (χ0n) is 11.7. The van der Waals surface area contributed by atoms with E-state index in [9.17, 15) is 5.11 Å². The van der Waals surface area contributed by atoms with Gasteiger partial charge in [0.15, 0.2) is 0 Å². The molecule has 0 aliphatic rings. The van der Waals surface area contributed by atoms with Crippen molar-refractivity contribution in [3.63, 3.8) is 0 Å². The van der Waals surface area contributed by atoms with Crippen LogP contribution >= 0.6 is 11.6 Å². The maximum atomic E-state index is 10.6. The Balaban J connectivity index is 1.98. The van der Waals surface area contributed by atoms with E-state index < -0.39 is 6.10 Å². The third kappa shape index (κ3) is 2.87. The molecule has 0 spiro atoms. The molecule has 21 heavy (non-hydrogen) atoms. The first-order chi connectivity index (χ1) is 10.1. The molecule has 0 bridgehead atoms. The van der Waals surface area contributed by atoms with Gasteiger partial charge in [-0.3, -0.25) is 0 Å². The Morgan fingerprint density at radius 3 is 2.29 bits per heavy atom. The smallest absolute Gasteiger partial charge is 0.106 e. The van der Waals surface area contributed by atoms with Crippen LogP contribution in [-0.2, 0) is 0 Å². The summed E-state index contributed by atoms with van der Waals surface area (Å²) in [6, 6.07) is 15.5. The zero-order valence-corrected chi connectivity index (χ0v) is 12.4. The average Bonchev–Trinajstić information content (AvgIpc) is 2.97. The maximum Gasteiger partial charge on any atom is 0.106 e. The highest BCUT2D eigenvalue weighted by molar-refractivity contribution is 6.30. The highest BCUT2D eigenvalue weighted by Crippen LogP contribution is 2.32. The number of aromatic nitrogens is 1. The number of aliphatic hydroxyl groups is 1. The van der Waals surface area contributed by atoms with Crippen LogP contribution in [0.1, 0.15) is 22.8 Å². The fourth-order valence-electron chi connectivity index (χ4n) is 2.41. The number of benzene rings is 2. The summed E-state index contributed by atoms with van der Waals surface area (Å²) >= 11 is 5.90. The topological polar surface area (TPSA) is 36.0 Å². The molecule has 3 heteroatoms. The monoisotopic (exact) mass is 297 g/mol. The summed E-state index contributed by atoms with van der Waals surface area (Å²) in [5.41, 5.74) is 5.00. The first-order valence-corrected chi connectivity index (χ1v) is 7.20. The van der Waals surface area contributed by atoms with Crippen LogP contribution in [0.2, 0.25) is 5.02 Å². The van der Waals surface area contributed by atoms with Crippen LogP contribution in [0, 0.1) is 6.92 Å². The van der Waals surface area contributed by atoms with Gasteiger partial charge >= 0.3 is 0 Å². The minimum Gasteiger partial charge on any atom is -0.384 e. The Hall–Kier alpha value is -2.03. The molecule has 0 radical (unpaired) electrons. The maximum absolute atomic E-state index is 10.6. The van der Waals surface area contributed by atoms with Crippen LogP contribution in [0.4, 0.5) is 0 Å². The second kappa shape index (κ2) is 5.76. The molecule has 2 aromatic carbocycles. The predicted molar refractivity (Wildman–Crippen MR) is 86.5 cm³/mol. The highest BCUT2D eigenvalue weighted by atomic mass is 35.5. The van der Waals surface area contributed by atoms with Crippen molar-refractivity contribution in [2.75, 3.05) is 0 Å². The van der Waals surface area contributed by atoms with Gasteiger partial charge < -0.3 is 10.1 Å². The summed E-state index contributed by atoms with van der Waals surface area (Å²) in [6.45, 7) is 2.06. The second-order valence-electron chi connectivity index (χ2n) is 5.14. The van der Waals surface area contributed by atoms with Gasteiger partial charge in [-0.25, -0.2) is 0 Å².